The van der Waals surface area contributed by atoms with Gasteiger partial charge in [-0.3, -0.25) is 4.79 Å². The van der Waals surface area contributed by atoms with Crippen LogP contribution in [0.2, 0.25) is 0 Å². The minimum Gasteiger partial charge on any atom is -0.480 e. The first-order valence-corrected chi connectivity index (χ1v) is 6.52. The van der Waals surface area contributed by atoms with Gasteiger partial charge in [0.2, 0.25) is 0 Å². The average Bonchev–Trinajstić information content (AvgIpc) is 2.03. The molecule has 0 aromatic rings. The van der Waals surface area contributed by atoms with Crippen LogP contribution >= 0.6 is 7.14 Å². The summed E-state index contributed by atoms with van der Waals surface area (Å²) in [4.78, 5) is 10.2. The molecule has 0 atom stereocenters. The standard InChI is InChI=1S/C9H16NO3P/c1-3-5-14(13,6-4-2)8-10-7-9(11)12/h3-4,10H,1-2,5-8H2,(H,11,12). The van der Waals surface area contributed by atoms with Crippen molar-refractivity contribution >= 4 is 13.1 Å². The number of allylic oxidation sites excluding steroid dienone is 2. The van der Waals surface area contributed by atoms with Crippen LogP contribution in [-0.2, 0) is 9.36 Å². The Morgan fingerprint density at radius 1 is 1.36 bits per heavy atom. The van der Waals surface area contributed by atoms with Gasteiger partial charge in [0.15, 0.2) is 0 Å². The van der Waals surface area contributed by atoms with Gasteiger partial charge in [0.05, 0.1) is 12.8 Å². The van der Waals surface area contributed by atoms with E-state index in [9.17, 15) is 9.36 Å². The lowest BCUT2D eigenvalue weighted by atomic mass is 10.7. The molecule has 0 spiro atoms. The summed E-state index contributed by atoms with van der Waals surface area (Å²) in [6, 6.07) is 0. The minimum atomic E-state index is -2.39. The van der Waals surface area contributed by atoms with Crippen molar-refractivity contribution in [3.63, 3.8) is 0 Å². The molecule has 0 bridgehead atoms. The maximum atomic E-state index is 12.0. The normalized spacial score (nSPS) is 10.9. The Balaban J connectivity index is 4.08. The third-order valence-electron chi connectivity index (χ3n) is 1.60. The molecule has 0 unspecified atom stereocenters. The summed E-state index contributed by atoms with van der Waals surface area (Å²) in [5.74, 6) is -0.950. The number of carbonyl (C=O) groups is 1. The zero-order chi connectivity index (χ0) is 11.0. The van der Waals surface area contributed by atoms with Crippen molar-refractivity contribution in [2.45, 2.75) is 0 Å². The van der Waals surface area contributed by atoms with Crippen molar-refractivity contribution in [2.24, 2.45) is 0 Å². The largest absolute Gasteiger partial charge is 0.480 e. The van der Waals surface area contributed by atoms with Gasteiger partial charge in [-0.1, -0.05) is 12.2 Å². The maximum Gasteiger partial charge on any atom is 0.317 e. The molecule has 0 rings (SSSR count). The lowest BCUT2D eigenvalue weighted by Gasteiger charge is -2.14. The van der Waals surface area contributed by atoms with Crippen LogP contribution in [0.25, 0.3) is 0 Å². The van der Waals surface area contributed by atoms with Gasteiger partial charge >= 0.3 is 5.97 Å². The van der Waals surface area contributed by atoms with Gasteiger partial charge in [-0.05, 0) is 0 Å². The van der Waals surface area contributed by atoms with Crippen LogP contribution in [0.1, 0.15) is 0 Å². The van der Waals surface area contributed by atoms with Gasteiger partial charge in [0, 0.05) is 12.3 Å². The van der Waals surface area contributed by atoms with E-state index in [2.05, 4.69) is 18.5 Å². The number of carboxylic acids is 1. The Kier molecular flexibility index (Phi) is 6.17. The molecule has 0 heterocycles. The quantitative estimate of drug-likeness (QED) is 0.475. The molecule has 5 heteroatoms. The van der Waals surface area contributed by atoms with E-state index in [4.69, 9.17) is 5.11 Å². The first-order chi connectivity index (χ1) is 6.54. The van der Waals surface area contributed by atoms with Crippen molar-refractivity contribution < 1.29 is 14.5 Å². The number of nitrogens with one attached hydrogen (secondary N) is 1. The van der Waals surface area contributed by atoms with Gasteiger partial charge in [0.25, 0.3) is 0 Å². The third-order valence-corrected chi connectivity index (χ3v) is 4.25. The minimum absolute atomic E-state index is 0.168. The zero-order valence-electron chi connectivity index (χ0n) is 8.11. The van der Waals surface area contributed by atoms with Gasteiger partial charge < -0.3 is 15.0 Å². The molecule has 0 aromatic heterocycles. The van der Waals surface area contributed by atoms with Crippen LogP contribution in [0.15, 0.2) is 25.3 Å². The summed E-state index contributed by atoms with van der Waals surface area (Å²) in [6.45, 7) is 6.87. The molecule has 0 saturated heterocycles. The van der Waals surface area contributed by atoms with Crippen LogP contribution in [0.3, 0.4) is 0 Å². The maximum absolute atomic E-state index is 12.0. The van der Waals surface area contributed by atoms with E-state index in [0.717, 1.165) is 0 Å². The molecule has 4 nitrogen and oxygen atoms in total. The van der Waals surface area contributed by atoms with Gasteiger partial charge in [-0.25, -0.2) is 0 Å². The van der Waals surface area contributed by atoms with E-state index in [1.165, 1.54) is 0 Å². The average molecular weight is 217 g/mol. The van der Waals surface area contributed by atoms with E-state index in [-0.39, 0.29) is 12.8 Å². The smallest absolute Gasteiger partial charge is 0.317 e. The number of carboxylic acid groups (broad SMARTS) is 1. The van der Waals surface area contributed by atoms with Gasteiger partial charge in [0.1, 0.15) is 7.14 Å². The number of rotatable bonds is 8. The molecular weight excluding hydrogens is 201 g/mol. The molecule has 0 radical (unpaired) electrons. The second-order valence-corrected chi connectivity index (χ2v) is 6.14. The highest BCUT2D eigenvalue weighted by molar-refractivity contribution is 7.64. The number of aliphatic carboxylic acids is 1. The van der Waals surface area contributed by atoms with Gasteiger partial charge in [-0.2, -0.15) is 0 Å². The fourth-order valence-electron chi connectivity index (χ4n) is 1.04. The van der Waals surface area contributed by atoms with Crippen LogP contribution < -0.4 is 5.32 Å². The van der Waals surface area contributed by atoms with Crippen LogP contribution in [0, 0.1) is 0 Å². The Morgan fingerprint density at radius 2 is 1.86 bits per heavy atom. The summed E-state index contributed by atoms with van der Waals surface area (Å²) in [5, 5.41) is 11.0. The molecule has 0 saturated carbocycles. The van der Waals surface area contributed by atoms with Gasteiger partial charge in [-0.15, -0.1) is 13.2 Å². The highest BCUT2D eigenvalue weighted by Gasteiger charge is 2.18. The topological polar surface area (TPSA) is 66.4 Å². The molecule has 0 aliphatic heterocycles. The van der Waals surface area contributed by atoms with Crippen LogP contribution in [0.4, 0.5) is 0 Å². The molecular formula is C9H16NO3P. The first kappa shape index (κ1) is 13.1. The summed E-state index contributed by atoms with van der Waals surface area (Å²) >= 11 is 0. The summed E-state index contributed by atoms with van der Waals surface area (Å²) in [6.07, 6.45) is 4.22. The molecule has 14 heavy (non-hydrogen) atoms. The highest BCUT2D eigenvalue weighted by Crippen LogP contribution is 2.43. The van der Waals surface area contributed by atoms with Crippen molar-refractivity contribution in [2.75, 3.05) is 25.2 Å². The second-order valence-electron chi connectivity index (χ2n) is 2.98. The predicted molar refractivity (Wildman–Crippen MR) is 58.2 cm³/mol. The summed E-state index contributed by atoms with van der Waals surface area (Å²) < 4.78 is 12.0. The molecule has 0 aliphatic carbocycles. The monoisotopic (exact) mass is 217 g/mol. The van der Waals surface area contributed by atoms with E-state index in [1.54, 1.807) is 12.2 Å². The SMILES string of the molecule is C=CCP(=O)(CC=C)CNCC(=O)O. The fraction of sp³-hybridized carbons (Fsp3) is 0.444. The molecule has 0 aromatic carbocycles. The summed E-state index contributed by atoms with van der Waals surface area (Å²) in [5.41, 5.74) is 0. The van der Waals surface area contributed by atoms with Crippen molar-refractivity contribution in [1.29, 1.82) is 0 Å². The fourth-order valence-corrected chi connectivity index (χ4v) is 2.91. The Hall–Kier alpha value is -0.860. The van der Waals surface area contributed by atoms with Crippen molar-refractivity contribution in [1.82, 2.24) is 5.32 Å². The molecule has 0 aliphatic rings. The lowest BCUT2D eigenvalue weighted by Crippen LogP contribution is -2.24. The summed E-state index contributed by atoms with van der Waals surface area (Å²) in [7, 11) is -2.39. The number of hydrogen-bond acceptors (Lipinski definition) is 3. The van der Waals surface area contributed by atoms with E-state index in [0.29, 0.717) is 12.3 Å². The Morgan fingerprint density at radius 3 is 2.21 bits per heavy atom. The number of hydrogen-bond donors (Lipinski definition) is 2. The highest BCUT2D eigenvalue weighted by atomic mass is 31.2. The zero-order valence-corrected chi connectivity index (χ0v) is 9.00. The lowest BCUT2D eigenvalue weighted by molar-refractivity contribution is -0.135. The molecule has 2 N–H and O–H groups in total. The van der Waals surface area contributed by atoms with E-state index < -0.39 is 13.1 Å². The first-order valence-electron chi connectivity index (χ1n) is 4.25. The Bertz CT molecular complexity index is 249. The Labute approximate surface area is 84.1 Å². The molecule has 0 amide bonds. The van der Waals surface area contributed by atoms with E-state index >= 15 is 0 Å². The predicted octanol–water partition coefficient (Wildman–Crippen LogP) is 1.35. The van der Waals surface area contributed by atoms with Crippen LogP contribution in [-0.4, -0.2) is 36.2 Å². The van der Waals surface area contributed by atoms with E-state index in [1.807, 2.05) is 0 Å². The van der Waals surface area contributed by atoms with Crippen LogP contribution in [0.5, 0.6) is 0 Å². The molecule has 0 fully saturated rings. The second kappa shape index (κ2) is 6.57. The third kappa shape index (κ3) is 5.73. The molecule has 80 valence electrons. The van der Waals surface area contributed by atoms with Crippen molar-refractivity contribution in [3.05, 3.63) is 25.3 Å². The van der Waals surface area contributed by atoms with Crippen molar-refractivity contribution in [3.8, 4) is 0 Å².